The first-order valence-corrected chi connectivity index (χ1v) is 8.77. The number of esters is 1. The number of fused-ring (bicyclic) bond motifs is 1. The third-order valence-corrected chi connectivity index (χ3v) is 6.69. The number of ether oxygens (including phenoxy) is 1. The van der Waals surface area contributed by atoms with E-state index in [-0.39, 0.29) is 17.3 Å². The molecular weight excluding hydrogens is 302 g/mol. The summed E-state index contributed by atoms with van der Waals surface area (Å²) in [6.45, 7) is 6.14. The Labute approximate surface area is 143 Å². The average Bonchev–Trinajstić information content (AvgIpc) is 3.12. The highest BCUT2D eigenvalue weighted by Crippen LogP contribution is 2.57. The van der Waals surface area contributed by atoms with Crippen LogP contribution < -0.4 is 0 Å². The van der Waals surface area contributed by atoms with E-state index in [0.717, 1.165) is 31.2 Å². The Hall–Kier alpha value is -1.84. The zero-order chi connectivity index (χ0) is 17.5. The van der Waals surface area contributed by atoms with Crippen LogP contribution in [0.1, 0.15) is 56.7 Å². The Balaban J connectivity index is 1.97. The number of rotatable bonds is 3. The minimum atomic E-state index is -0.570. The fraction of sp³-hybridized carbons (Fsp3) is 0.600. The molecule has 0 bridgehead atoms. The molecule has 0 amide bonds. The van der Waals surface area contributed by atoms with Crippen LogP contribution in [-0.4, -0.2) is 24.0 Å². The molecule has 1 saturated carbocycles. The molecular formula is C20H27NO3. The largest absolute Gasteiger partial charge is 0.469 e. The molecule has 0 aromatic heterocycles. The lowest BCUT2D eigenvalue weighted by Crippen LogP contribution is -2.43. The van der Waals surface area contributed by atoms with E-state index < -0.39 is 5.41 Å². The van der Waals surface area contributed by atoms with E-state index in [1.807, 2.05) is 6.92 Å². The molecule has 2 atom stereocenters. The molecule has 2 aliphatic rings. The third-order valence-electron chi connectivity index (χ3n) is 6.69. The predicted octanol–water partition coefficient (Wildman–Crippen LogP) is 3.97. The SMILES string of the molecule is COC(=O)C1(C)CCC(/C(=N/O)c2ccc3c(c2)CCC3)C1(C)C. The number of hydrogen-bond donors (Lipinski definition) is 1. The van der Waals surface area contributed by atoms with Gasteiger partial charge in [-0.15, -0.1) is 0 Å². The van der Waals surface area contributed by atoms with Gasteiger partial charge in [-0.1, -0.05) is 31.1 Å². The lowest BCUT2D eigenvalue weighted by atomic mass is 9.64. The summed E-state index contributed by atoms with van der Waals surface area (Å²) in [5.74, 6) is -0.160. The quantitative estimate of drug-likeness (QED) is 0.395. The fourth-order valence-electron chi connectivity index (χ4n) is 4.63. The molecule has 0 spiro atoms. The van der Waals surface area contributed by atoms with Gasteiger partial charge in [0.05, 0.1) is 18.2 Å². The van der Waals surface area contributed by atoms with Crippen molar-refractivity contribution in [1.29, 1.82) is 0 Å². The molecule has 0 radical (unpaired) electrons. The lowest BCUT2D eigenvalue weighted by molar-refractivity contribution is -0.157. The van der Waals surface area contributed by atoms with Crippen molar-refractivity contribution in [3.63, 3.8) is 0 Å². The lowest BCUT2D eigenvalue weighted by Gasteiger charge is -2.39. The Bertz CT molecular complexity index is 692. The third kappa shape index (κ3) is 2.35. The molecule has 24 heavy (non-hydrogen) atoms. The van der Waals surface area contributed by atoms with Crippen molar-refractivity contribution in [3.05, 3.63) is 34.9 Å². The maximum Gasteiger partial charge on any atom is 0.312 e. The first-order chi connectivity index (χ1) is 11.3. The monoisotopic (exact) mass is 329 g/mol. The summed E-state index contributed by atoms with van der Waals surface area (Å²) in [5, 5.41) is 13.4. The molecule has 0 saturated heterocycles. The molecule has 4 heteroatoms. The second-order valence-corrected chi connectivity index (χ2v) is 7.96. The highest BCUT2D eigenvalue weighted by Gasteiger charge is 2.58. The van der Waals surface area contributed by atoms with Crippen molar-refractivity contribution < 1.29 is 14.7 Å². The molecule has 2 aliphatic carbocycles. The number of nitrogens with zero attached hydrogens (tertiary/aromatic N) is 1. The number of benzene rings is 1. The van der Waals surface area contributed by atoms with Gasteiger partial charge in [-0.2, -0.15) is 0 Å². The Kier molecular flexibility index (Phi) is 4.18. The van der Waals surface area contributed by atoms with E-state index in [2.05, 4.69) is 37.2 Å². The number of hydrogen-bond acceptors (Lipinski definition) is 4. The number of carbonyl (C=O) groups is 1. The van der Waals surface area contributed by atoms with Crippen LogP contribution in [0, 0.1) is 16.7 Å². The summed E-state index contributed by atoms with van der Waals surface area (Å²) in [6, 6.07) is 6.38. The van der Waals surface area contributed by atoms with E-state index in [1.165, 1.54) is 24.7 Å². The molecule has 0 aliphatic heterocycles. The van der Waals surface area contributed by atoms with Crippen LogP contribution in [-0.2, 0) is 22.4 Å². The van der Waals surface area contributed by atoms with E-state index in [1.54, 1.807) is 0 Å². The van der Waals surface area contributed by atoms with Crippen LogP contribution >= 0.6 is 0 Å². The standard InChI is InChI=1S/C20H27NO3/c1-19(2)16(10-11-20(19,3)18(22)24-4)17(21-23)15-9-8-13-6-5-7-14(13)12-15/h8-9,12,16,23H,5-7,10-11H2,1-4H3/b21-17+. The molecule has 130 valence electrons. The first-order valence-electron chi connectivity index (χ1n) is 8.77. The molecule has 0 heterocycles. The van der Waals surface area contributed by atoms with Crippen LogP contribution in [0.2, 0.25) is 0 Å². The maximum atomic E-state index is 12.4. The molecule has 1 aromatic carbocycles. The highest BCUT2D eigenvalue weighted by molar-refractivity contribution is 6.03. The summed E-state index contributed by atoms with van der Waals surface area (Å²) in [5.41, 5.74) is 3.52. The van der Waals surface area contributed by atoms with Gasteiger partial charge in [-0.05, 0) is 67.2 Å². The minimum Gasteiger partial charge on any atom is -0.469 e. The predicted molar refractivity (Wildman–Crippen MR) is 93.4 cm³/mol. The van der Waals surface area contributed by atoms with Crippen LogP contribution in [0.25, 0.3) is 0 Å². The summed E-state index contributed by atoms with van der Waals surface area (Å²) in [6.07, 6.45) is 4.97. The van der Waals surface area contributed by atoms with Crippen molar-refractivity contribution in [2.24, 2.45) is 21.9 Å². The number of oxime groups is 1. The second kappa shape index (κ2) is 5.91. The molecule has 1 fully saturated rings. The van der Waals surface area contributed by atoms with Crippen LogP contribution in [0.4, 0.5) is 0 Å². The second-order valence-electron chi connectivity index (χ2n) is 7.96. The van der Waals surface area contributed by atoms with Gasteiger partial charge < -0.3 is 9.94 Å². The fourth-order valence-corrected chi connectivity index (χ4v) is 4.63. The van der Waals surface area contributed by atoms with Gasteiger partial charge >= 0.3 is 5.97 Å². The molecule has 2 unspecified atom stereocenters. The zero-order valence-corrected chi connectivity index (χ0v) is 15.1. The topological polar surface area (TPSA) is 58.9 Å². The number of methoxy groups -OCH3 is 1. The Morgan fingerprint density at radius 1 is 1.25 bits per heavy atom. The van der Waals surface area contributed by atoms with Crippen molar-refractivity contribution in [2.45, 2.75) is 52.9 Å². The number of aryl methyl sites for hydroxylation is 2. The van der Waals surface area contributed by atoms with Gasteiger partial charge in [0.2, 0.25) is 0 Å². The van der Waals surface area contributed by atoms with Crippen molar-refractivity contribution in [3.8, 4) is 0 Å². The van der Waals surface area contributed by atoms with E-state index in [0.29, 0.717) is 5.71 Å². The molecule has 3 rings (SSSR count). The van der Waals surface area contributed by atoms with Gasteiger partial charge in [0.1, 0.15) is 0 Å². The molecule has 1 aromatic rings. The van der Waals surface area contributed by atoms with Crippen LogP contribution in [0.3, 0.4) is 0 Å². The maximum absolute atomic E-state index is 12.4. The first kappa shape index (κ1) is 17.0. The van der Waals surface area contributed by atoms with E-state index in [9.17, 15) is 10.0 Å². The van der Waals surface area contributed by atoms with Crippen molar-refractivity contribution in [1.82, 2.24) is 0 Å². The Morgan fingerprint density at radius 2 is 1.96 bits per heavy atom. The normalized spacial score (nSPS) is 28.7. The van der Waals surface area contributed by atoms with Gasteiger partial charge in [0, 0.05) is 5.92 Å². The van der Waals surface area contributed by atoms with E-state index >= 15 is 0 Å². The number of carbonyl (C=O) groups excluding carboxylic acids is 1. The van der Waals surface area contributed by atoms with Gasteiger partial charge in [0.15, 0.2) is 0 Å². The van der Waals surface area contributed by atoms with Crippen molar-refractivity contribution in [2.75, 3.05) is 7.11 Å². The van der Waals surface area contributed by atoms with Crippen LogP contribution in [0.5, 0.6) is 0 Å². The average molecular weight is 329 g/mol. The zero-order valence-electron chi connectivity index (χ0n) is 15.1. The molecule has 4 nitrogen and oxygen atoms in total. The summed E-state index contributed by atoms with van der Waals surface area (Å²) < 4.78 is 5.06. The Morgan fingerprint density at radius 3 is 2.62 bits per heavy atom. The summed E-state index contributed by atoms with van der Waals surface area (Å²) in [4.78, 5) is 12.4. The minimum absolute atomic E-state index is 0.0195. The molecule has 1 N–H and O–H groups in total. The van der Waals surface area contributed by atoms with Gasteiger partial charge in [-0.3, -0.25) is 4.79 Å². The van der Waals surface area contributed by atoms with Crippen molar-refractivity contribution >= 4 is 11.7 Å². The van der Waals surface area contributed by atoms with E-state index in [4.69, 9.17) is 4.74 Å². The highest BCUT2D eigenvalue weighted by atomic mass is 16.5. The van der Waals surface area contributed by atoms with Crippen LogP contribution in [0.15, 0.2) is 23.4 Å². The smallest absolute Gasteiger partial charge is 0.312 e. The van der Waals surface area contributed by atoms with Gasteiger partial charge in [0.25, 0.3) is 0 Å². The van der Waals surface area contributed by atoms with Gasteiger partial charge in [-0.25, -0.2) is 0 Å². The summed E-state index contributed by atoms with van der Waals surface area (Å²) >= 11 is 0. The summed E-state index contributed by atoms with van der Waals surface area (Å²) in [7, 11) is 1.44.